The van der Waals surface area contributed by atoms with Crippen LogP contribution in [-0.4, -0.2) is 59.6 Å². The molecule has 0 aliphatic rings. The van der Waals surface area contributed by atoms with E-state index >= 15 is 0 Å². The van der Waals surface area contributed by atoms with E-state index in [4.69, 9.17) is 19.4 Å². The number of hydrogen-bond donors (Lipinski definition) is 2. The smallest absolute Gasteiger partial charge is 0.317 e. The van der Waals surface area contributed by atoms with Crippen LogP contribution in [0.4, 0.5) is 10.6 Å². The number of benzene rings is 1. The van der Waals surface area contributed by atoms with Crippen molar-refractivity contribution >= 4 is 42.4 Å². The molecule has 2 radical (unpaired) electrons. The van der Waals surface area contributed by atoms with E-state index in [1.165, 1.54) is 0 Å². The van der Waals surface area contributed by atoms with Gasteiger partial charge in [-0.2, -0.15) is 9.61 Å². The molecule has 7 nitrogen and oxygen atoms in total. The van der Waals surface area contributed by atoms with Gasteiger partial charge in [-0.1, -0.05) is 29.8 Å². The zero-order valence-electron chi connectivity index (χ0n) is 16.8. The molecule has 0 spiro atoms. The fourth-order valence-electron chi connectivity index (χ4n) is 2.90. The largest absolute Gasteiger partial charge is 0.370 e. The molecule has 0 aliphatic carbocycles. The van der Waals surface area contributed by atoms with Gasteiger partial charge in [0, 0.05) is 49.0 Å². The molecule has 2 heterocycles. The van der Waals surface area contributed by atoms with Crippen LogP contribution in [0.25, 0.3) is 16.9 Å². The number of nitrogens with one attached hydrogen (secondary N) is 2. The SMILES string of the molecule is [B]c1cnn2c(NCCCN(C)C(=O)NC(C)C)cc(-c3ccccc3Cl)nc12. The van der Waals surface area contributed by atoms with Gasteiger partial charge in [0.15, 0.2) is 5.65 Å². The quantitative estimate of drug-likeness (QED) is 0.464. The van der Waals surface area contributed by atoms with Gasteiger partial charge in [-0.3, -0.25) is 0 Å². The molecule has 1 aromatic carbocycles. The highest BCUT2D eigenvalue weighted by atomic mass is 35.5. The Bertz CT molecular complexity index is 1010. The fourth-order valence-corrected chi connectivity index (χ4v) is 3.14. The summed E-state index contributed by atoms with van der Waals surface area (Å²) in [4.78, 5) is 18.3. The molecule has 3 rings (SSSR count). The van der Waals surface area contributed by atoms with Crippen LogP contribution in [0.2, 0.25) is 5.02 Å². The Hall–Kier alpha value is -2.74. The molecule has 0 saturated heterocycles. The van der Waals surface area contributed by atoms with Crippen molar-refractivity contribution in [3.63, 3.8) is 0 Å². The van der Waals surface area contributed by atoms with Crippen LogP contribution in [0, 0.1) is 0 Å². The summed E-state index contributed by atoms with van der Waals surface area (Å²) in [6, 6.07) is 9.47. The zero-order valence-corrected chi connectivity index (χ0v) is 17.6. The van der Waals surface area contributed by atoms with Crippen LogP contribution in [0.3, 0.4) is 0 Å². The Balaban J connectivity index is 1.74. The maximum absolute atomic E-state index is 12.0. The van der Waals surface area contributed by atoms with Crippen molar-refractivity contribution in [2.75, 3.05) is 25.5 Å². The average Bonchev–Trinajstić information content (AvgIpc) is 3.06. The number of carbonyl (C=O) groups excluding carboxylic acids is 1. The first kappa shape index (κ1) is 21.0. The standard InChI is InChI=1S/C20H24BClN6O/c1-13(2)25-20(29)27(3)10-6-9-23-18-11-17(14-7-4-5-8-16(14)22)26-19-15(21)12-24-28(18)19/h4-5,7-8,11-13,23H,6,9-10H2,1-3H3,(H,25,29). The van der Waals surface area contributed by atoms with Crippen molar-refractivity contribution in [3.8, 4) is 11.3 Å². The van der Waals surface area contributed by atoms with E-state index in [1.807, 2.05) is 44.2 Å². The molecule has 2 amide bonds. The van der Waals surface area contributed by atoms with Gasteiger partial charge in [-0.25, -0.2) is 9.78 Å². The summed E-state index contributed by atoms with van der Waals surface area (Å²) >= 11 is 6.35. The molecule has 2 N–H and O–H groups in total. The summed E-state index contributed by atoms with van der Waals surface area (Å²) in [7, 11) is 7.82. The second-order valence-electron chi connectivity index (χ2n) is 7.15. The van der Waals surface area contributed by atoms with Gasteiger partial charge >= 0.3 is 6.03 Å². The van der Waals surface area contributed by atoms with E-state index in [1.54, 1.807) is 22.7 Å². The van der Waals surface area contributed by atoms with Crippen LogP contribution in [-0.2, 0) is 0 Å². The van der Waals surface area contributed by atoms with Gasteiger partial charge in [-0.05, 0) is 31.8 Å². The van der Waals surface area contributed by atoms with Crippen molar-refractivity contribution in [3.05, 3.63) is 41.6 Å². The van der Waals surface area contributed by atoms with E-state index in [2.05, 4.69) is 20.7 Å². The van der Waals surface area contributed by atoms with Crippen molar-refractivity contribution in [2.45, 2.75) is 26.3 Å². The minimum atomic E-state index is -0.0767. The summed E-state index contributed by atoms with van der Waals surface area (Å²) in [6.07, 6.45) is 2.35. The van der Waals surface area contributed by atoms with Gasteiger partial charge in [0.25, 0.3) is 0 Å². The van der Waals surface area contributed by atoms with Crippen LogP contribution >= 0.6 is 11.6 Å². The fraction of sp³-hybridized carbons (Fsp3) is 0.350. The summed E-state index contributed by atoms with van der Waals surface area (Å²) < 4.78 is 1.67. The van der Waals surface area contributed by atoms with Crippen LogP contribution in [0.1, 0.15) is 20.3 Å². The lowest BCUT2D eigenvalue weighted by atomic mass is 10.0. The summed E-state index contributed by atoms with van der Waals surface area (Å²) in [6.45, 7) is 5.15. The third-order valence-electron chi connectivity index (χ3n) is 4.38. The highest BCUT2D eigenvalue weighted by Crippen LogP contribution is 2.28. The number of anilines is 1. The van der Waals surface area contributed by atoms with Crippen molar-refractivity contribution in [1.29, 1.82) is 0 Å². The van der Waals surface area contributed by atoms with Crippen LogP contribution < -0.4 is 16.1 Å². The van der Waals surface area contributed by atoms with Crippen LogP contribution in [0.15, 0.2) is 36.5 Å². The lowest BCUT2D eigenvalue weighted by molar-refractivity contribution is 0.206. The topological polar surface area (TPSA) is 74.6 Å². The number of amides is 2. The molecule has 0 atom stereocenters. The molecule has 0 fully saturated rings. The number of urea groups is 1. The van der Waals surface area contributed by atoms with E-state index < -0.39 is 0 Å². The number of rotatable bonds is 7. The normalized spacial score (nSPS) is 11.1. The Kier molecular flexibility index (Phi) is 6.64. The predicted molar refractivity (Wildman–Crippen MR) is 118 cm³/mol. The number of aromatic nitrogens is 3. The second kappa shape index (κ2) is 9.18. The van der Waals surface area contributed by atoms with Crippen molar-refractivity contribution in [1.82, 2.24) is 24.8 Å². The zero-order chi connectivity index (χ0) is 21.0. The number of halogens is 1. The average molecular weight is 411 g/mol. The second-order valence-corrected chi connectivity index (χ2v) is 7.56. The van der Waals surface area contributed by atoms with Gasteiger partial charge in [0.2, 0.25) is 0 Å². The molecule has 2 aromatic heterocycles. The van der Waals surface area contributed by atoms with Crippen molar-refractivity contribution in [2.24, 2.45) is 0 Å². The van der Waals surface area contributed by atoms with Gasteiger partial charge in [0.1, 0.15) is 13.7 Å². The Morgan fingerprint density at radius 1 is 1.34 bits per heavy atom. The number of hydrogen-bond acceptors (Lipinski definition) is 4. The third-order valence-corrected chi connectivity index (χ3v) is 4.71. The molecule has 0 unspecified atom stereocenters. The summed E-state index contributed by atoms with van der Waals surface area (Å²) in [5.74, 6) is 0.760. The molecular weight excluding hydrogens is 387 g/mol. The summed E-state index contributed by atoms with van der Waals surface area (Å²) in [5.41, 5.74) is 2.60. The maximum atomic E-state index is 12.0. The highest BCUT2D eigenvalue weighted by molar-refractivity contribution is 6.36. The number of carbonyl (C=O) groups is 1. The minimum Gasteiger partial charge on any atom is -0.370 e. The molecule has 0 aliphatic heterocycles. The lowest BCUT2D eigenvalue weighted by Gasteiger charge is -2.20. The van der Waals surface area contributed by atoms with Gasteiger partial charge in [-0.15, -0.1) is 0 Å². The number of nitrogens with zero attached hydrogens (tertiary/aromatic N) is 4. The highest BCUT2D eigenvalue weighted by Gasteiger charge is 2.13. The maximum Gasteiger partial charge on any atom is 0.317 e. The monoisotopic (exact) mass is 410 g/mol. The number of fused-ring (bicyclic) bond motifs is 1. The Morgan fingerprint density at radius 2 is 2.10 bits per heavy atom. The predicted octanol–water partition coefficient (Wildman–Crippen LogP) is 2.70. The molecular formula is C20H24BClN6O. The van der Waals surface area contributed by atoms with E-state index in [0.29, 0.717) is 34.9 Å². The van der Waals surface area contributed by atoms with Gasteiger partial charge in [0.05, 0.1) is 5.69 Å². The molecule has 0 saturated carbocycles. The van der Waals surface area contributed by atoms with Crippen LogP contribution in [0.5, 0.6) is 0 Å². The Morgan fingerprint density at radius 3 is 2.83 bits per heavy atom. The van der Waals surface area contributed by atoms with E-state index in [-0.39, 0.29) is 12.1 Å². The van der Waals surface area contributed by atoms with Crippen molar-refractivity contribution < 1.29 is 4.79 Å². The first-order valence-corrected chi connectivity index (χ1v) is 9.89. The van der Waals surface area contributed by atoms with E-state index in [9.17, 15) is 4.79 Å². The third kappa shape index (κ3) is 5.01. The lowest BCUT2D eigenvalue weighted by Crippen LogP contribution is -2.41. The molecule has 150 valence electrons. The van der Waals surface area contributed by atoms with Gasteiger partial charge < -0.3 is 15.5 Å². The summed E-state index contributed by atoms with van der Waals surface area (Å²) in [5, 5.41) is 11.2. The molecule has 29 heavy (non-hydrogen) atoms. The van der Waals surface area contributed by atoms with E-state index in [0.717, 1.165) is 17.8 Å². The minimum absolute atomic E-state index is 0.0767. The molecule has 9 heteroatoms. The Labute approximate surface area is 176 Å². The molecule has 0 bridgehead atoms. The first-order chi connectivity index (χ1) is 13.9. The first-order valence-electron chi connectivity index (χ1n) is 9.51. The molecule has 3 aromatic rings.